The lowest BCUT2D eigenvalue weighted by Gasteiger charge is -2.25. The van der Waals surface area contributed by atoms with E-state index in [0.29, 0.717) is 0 Å². The van der Waals surface area contributed by atoms with Crippen LogP contribution in [0.5, 0.6) is 0 Å². The summed E-state index contributed by atoms with van der Waals surface area (Å²) < 4.78 is 18.1. The molecule has 1 unspecified atom stereocenters. The maximum Gasteiger partial charge on any atom is 0.317 e. The fourth-order valence-corrected chi connectivity index (χ4v) is 1.44. The van der Waals surface area contributed by atoms with Gasteiger partial charge in [0.2, 0.25) is 0 Å². The van der Waals surface area contributed by atoms with E-state index in [1.165, 1.54) is 13.2 Å². The molecule has 1 aromatic rings. The first-order chi connectivity index (χ1) is 7.06. The summed E-state index contributed by atoms with van der Waals surface area (Å²) in [6.45, 7) is 1.57. The Labute approximate surface area is 88.0 Å². The number of carbonyl (C=O) groups is 1. The zero-order chi connectivity index (χ0) is 11.5. The molecule has 4 heteroatoms. The van der Waals surface area contributed by atoms with Crippen LogP contribution in [0.1, 0.15) is 12.5 Å². The van der Waals surface area contributed by atoms with Crippen molar-refractivity contribution in [1.82, 2.24) is 0 Å². The van der Waals surface area contributed by atoms with Crippen LogP contribution in [0.25, 0.3) is 0 Å². The predicted octanol–water partition coefficient (Wildman–Crippen LogP) is 1.22. The van der Waals surface area contributed by atoms with Gasteiger partial charge in [0.25, 0.3) is 0 Å². The van der Waals surface area contributed by atoms with Crippen LogP contribution in [0.15, 0.2) is 24.3 Å². The van der Waals surface area contributed by atoms with Gasteiger partial charge >= 0.3 is 5.97 Å². The summed E-state index contributed by atoms with van der Waals surface area (Å²) in [5, 5.41) is 0. The highest BCUT2D eigenvalue weighted by molar-refractivity contribution is 5.83. The molecule has 3 nitrogen and oxygen atoms in total. The van der Waals surface area contributed by atoms with Crippen LogP contribution >= 0.6 is 0 Å². The summed E-state index contributed by atoms with van der Waals surface area (Å²) in [4.78, 5) is 11.5. The van der Waals surface area contributed by atoms with E-state index in [-0.39, 0.29) is 12.1 Å². The summed E-state index contributed by atoms with van der Waals surface area (Å²) in [5.74, 6) is -0.981. The molecule has 0 aliphatic heterocycles. The number of carbonyl (C=O) groups excluding carboxylic acids is 1. The molecular weight excluding hydrogens is 197 g/mol. The second-order valence-electron chi connectivity index (χ2n) is 3.51. The highest BCUT2D eigenvalue weighted by atomic mass is 19.1. The molecule has 0 heterocycles. The molecule has 0 aliphatic rings. The number of ether oxygens (including phenoxy) is 1. The Morgan fingerprint density at radius 3 is 2.60 bits per heavy atom. The van der Waals surface area contributed by atoms with Gasteiger partial charge in [-0.05, 0) is 13.0 Å². The zero-order valence-electron chi connectivity index (χ0n) is 8.79. The first-order valence-corrected chi connectivity index (χ1v) is 4.59. The van der Waals surface area contributed by atoms with Crippen LogP contribution in [0.2, 0.25) is 0 Å². The van der Waals surface area contributed by atoms with E-state index >= 15 is 0 Å². The standard InChI is InChI=1S/C11H14FNO2/c1-11(7-13,10(14)15-2)8-5-3-4-6-9(8)12/h3-6H,7,13H2,1-2H3. The Bertz CT molecular complexity index is 367. The van der Waals surface area contributed by atoms with Crippen molar-refractivity contribution in [1.29, 1.82) is 0 Å². The molecule has 1 rings (SSSR count). The molecular formula is C11H14FNO2. The maximum absolute atomic E-state index is 13.5. The smallest absolute Gasteiger partial charge is 0.317 e. The lowest BCUT2D eigenvalue weighted by atomic mass is 9.82. The third-order valence-corrected chi connectivity index (χ3v) is 2.51. The van der Waals surface area contributed by atoms with Gasteiger partial charge in [0.15, 0.2) is 0 Å². The molecule has 0 amide bonds. The number of halogens is 1. The van der Waals surface area contributed by atoms with Gasteiger partial charge in [-0.25, -0.2) is 4.39 Å². The van der Waals surface area contributed by atoms with Crippen LogP contribution in [-0.2, 0) is 14.9 Å². The van der Waals surface area contributed by atoms with Gasteiger partial charge in [0.1, 0.15) is 11.2 Å². The molecule has 0 aliphatic carbocycles. The molecule has 0 radical (unpaired) electrons. The van der Waals surface area contributed by atoms with Crippen LogP contribution in [-0.4, -0.2) is 19.6 Å². The van der Waals surface area contributed by atoms with E-state index in [0.717, 1.165) is 0 Å². The van der Waals surface area contributed by atoms with E-state index in [2.05, 4.69) is 4.74 Å². The van der Waals surface area contributed by atoms with Crippen LogP contribution in [0, 0.1) is 5.82 Å². The summed E-state index contributed by atoms with van der Waals surface area (Å²) in [7, 11) is 1.26. The Kier molecular flexibility index (Phi) is 3.42. The van der Waals surface area contributed by atoms with E-state index < -0.39 is 17.2 Å². The second kappa shape index (κ2) is 4.40. The molecule has 2 N–H and O–H groups in total. The number of benzene rings is 1. The van der Waals surface area contributed by atoms with Crippen molar-refractivity contribution < 1.29 is 13.9 Å². The van der Waals surface area contributed by atoms with Gasteiger partial charge in [-0.2, -0.15) is 0 Å². The summed E-state index contributed by atoms with van der Waals surface area (Å²) >= 11 is 0. The fourth-order valence-electron chi connectivity index (χ4n) is 1.44. The van der Waals surface area contributed by atoms with Gasteiger partial charge in [-0.15, -0.1) is 0 Å². The number of nitrogens with two attached hydrogens (primary N) is 1. The molecule has 0 saturated heterocycles. The number of methoxy groups -OCH3 is 1. The minimum atomic E-state index is -1.12. The van der Waals surface area contributed by atoms with Gasteiger partial charge < -0.3 is 10.5 Å². The highest BCUT2D eigenvalue weighted by Gasteiger charge is 2.37. The molecule has 15 heavy (non-hydrogen) atoms. The molecule has 82 valence electrons. The van der Waals surface area contributed by atoms with Crippen molar-refractivity contribution in [3.63, 3.8) is 0 Å². The van der Waals surface area contributed by atoms with Gasteiger partial charge in [-0.1, -0.05) is 18.2 Å². The van der Waals surface area contributed by atoms with Crippen molar-refractivity contribution in [3.8, 4) is 0 Å². The van der Waals surface area contributed by atoms with Gasteiger partial charge in [0, 0.05) is 12.1 Å². The van der Waals surface area contributed by atoms with Crippen LogP contribution in [0.3, 0.4) is 0 Å². The Morgan fingerprint density at radius 2 is 2.13 bits per heavy atom. The van der Waals surface area contributed by atoms with Crippen molar-refractivity contribution in [2.45, 2.75) is 12.3 Å². The SMILES string of the molecule is COC(=O)C(C)(CN)c1ccccc1F. The molecule has 0 aromatic heterocycles. The first-order valence-electron chi connectivity index (χ1n) is 4.59. The number of hydrogen-bond acceptors (Lipinski definition) is 3. The Balaban J connectivity index is 3.23. The van der Waals surface area contributed by atoms with E-state index in [9.17, 15) is 9.18 Å². The van der Waals surface area contributed by atoms with Crippen LogP contribution in [0.4, 0.5) is 4.39 Å². The summed E-state index contributed by atoms with van der Waals surface area (Å²) in [6.07, 6.45) is 0. The maximum atomic E-state index is 13.5. The molecule has 1 atom stereocenters. The average molecular weight is 211 g/mol. The third-order valence-electron chi connectivity index (χ3n) is 2.51. The summed E-state index contributed by atoms with van der Waals surface area (Å²) in [5.41, 5.74) is 4.66. The number of esters is 1. The lowest BCUT2D eigenvalue weighted by molar-refractivity contribution is -0.146. The Morgan fingerprint density at radius 1 is 1.53 bits per heavy atom. The van der Waals surface area contributed by atoms with Crippen molar-refractivity contribution >= 4 is 5.97 Å². The van der Waals surface area contributed by atoms with Crippen LogP contribution < -0.4 is 5.73 Å². The number of rotatable bonds is 3. The molecule has 0 bridgehead atoms. The minimum Gasteiger partial charge on any atom is -0.468 e. The molecule has 1 aromatic carbocycles. The second-order valence-corrected chi connectivity index (χ2v) is 3.51. The lowest BCUT2D eigenvalue weighted by Crippen LogP contribution is -2.41. The minimum absolute atomic E-state index is 0.000602. The first kappa shape index (κ1) is 11.7. The average Bonchev–Trinajstić information content (AvgIpc) is 2.27. The molecule has 0 saturated carbocycles. The predicted molar refractivity (Wildman–Crippen MR) is 54.8 cm³/mol. The molecule has 0 fully saturated rings. The third kappa shape index (κ3) is 1.99. The normalized spacial score (nSPS) is 14.4. The van der Waals surface area contributed by atoms with E-state index in [1.54, 1.807) is 25.1 Å². The highest BCUT2D eigenvalue weighted by Crippen LogP contribution is 2.26. The topological polar surface area (TPSA) is 52.3 Å². The summed E-state index contributed by atoms with van der Waals surface area (Å²) in [6, 6.07) is 6.06. The zero-order valence-corrected chi connectivity index (χ0v) is 8.79. The number of hydrogen-bond donors (Lipinski definition) is 1. The monoisotopic (exact) mass is 211 g/mol. The van der Waals surface area contributed by atoms with Crippen molar-refractivity contribution in [2.24, 2.45) is 5.73 Å². The van der Waals surface area contributed by atoms with Gasteiger partial charge in [0.05, 0.1) is 7.11 Å². The van der Waals surface area contributed by atoms with E-state index in [1.807, 2.05) is 0 Å². The van der Waals surface area contributed by atoms with E-state index in [4.69, 9.17) is 5.73 Å². The van der Waals surface area contributed by atoms with Gasteiger partial charge in [-0.3, -0.25) is 4.79 Å². The van der Waals surface area contributed by atoms with Crippen molar-refractivity contribution in [3.05, 3.63) is 35.6 Å². The fraction of sp³-hybridized carbons (Fsp3) is 0.364. The quantitative estimate of drug-likeness (QED) is 0.765. The Hall–Kier alpha value is -1.42. The van der Waals surface area contributed by atoms with Crippen molar-refractivity contribution in [2.75, 3.05) is 13.7 Å². The molecule has 0 spiro atoms. The largest absolute Gasteiger partial charge is 0.468 e.